The van der Waals surface area contributed by atoms with Gasteiger partial charge < -0.3 is 4.79 Å². The van der Waals surface area contributed by atoms with Crippen molar-refractivity contribution in [3.63, 3.8) is 0 Å². The molecule has 1 atom stereocenters. The summed E-state index contributed by atoms with van der Waals surface area (Å²) in [6, 6.07) is 0. The summed E-state index contributed by atoms with van der Waals surface area (Å²) >= 11 is 3.26. The van der Waals surface area contributed by atoms with Gasteiger partial charge in [0.15, 0.2) is 0 Å². The Kier molecular flexibility index (Phi) is 5.39. The van der Waals surface area contributed by atoms with Crippen LogP contribution in [0.2, 0.25) is 0 Å². The number of carbonyl (C=O) groups excluding carboxylic acids is 1. The zero-order valence-corrected chi connectivity index (χ0v) is 6.36. The van der Waals surface area contributed by atoms with Crippen LogP contribution >= 0.6 is 15.9 Å². The van der Waals surface area contributed by atoms with Gasteiger partial charge in [-0.15, -0.1) is 0 Å². The Balaban J connectivity index is 3.03. The molecule has 47 valence electrons. The summed E-state index contributed by atoms with van der Waals surface area (Å²) in [5, 5.41) is 0.939. The highest BCUT2D eigenvalue weighted by atomic mass is 79.9. The van der Waals surface area contributed by atoms with Crippen LogP contribution in [0.25, 0.3) is 0 Å². The van der Waals surface area contributed by atoms with Gasteiger partial charge in [-0.3, -0.25) is 0 Å². The minimum absolute atomic E-state index is 0.298. The van der Waals surface area contributed by atoms with Crippen LogP contribution in [0.5, 0.6) is 0 Å². The molecule has 1 nitrogen and oxygen atoms in total. The highest BCUT2D eigenvalue weighted by Crippen LogP contribution is 2.05. The molecule has 0 bridgehead atoms. The second-order valence-electron chi connectivity index (χ2n) is 1.75. The third kappa shape index (κ3) is 4.31. The zero-order valence-electron chi connectivity index (χ0n) is 4.77. The maximum Gasteiger partial charge on any atom is 0.120 e. The Morgan fingerprint density at radius 1 is 1.75 bits per heavy atom. The molecule has 0 aromatic heterocycles. The zero-order chi connectivity index (χ0) is 6.41. The van der Waals surface area contributed by atoms with Crippen LogP contribution in [0, 0.1) is 12.8 Å². The Hall–Kier alpha value is 0.150. The summed E-state index contributed by atoms with van der Waals surface area (Å²) in [6.45, 7) is 3.76. The lowest BCUT2D eigenvalue weighted by molar-refractivity contribution is -0.108. The van der Waals surface area contributed by atoms with Gasteiger partial charge in [0.05, 0.1) is 0 Å². The van der Waals surface area contributed by atoms with Gasteiger partial charge in [0.2, 0.25) is 0 Å². The van der Waals surface area contributed by atoms with E-state index >= 15 is 0 Å². The summed E-state index contributed by atoms with van der Waals surface area (Å²) < 4.78 is 0. The highest BCUT2D eigenvalue weighted by Gasteiger charge is 1.97. The summed E-state index contributed by atoms with van der Waals surface area (Å²) in [6.07, 6.45) is 2.49. The first-order chi connectivity index (χ1) is 3.81. The van der Waals surface area contributed by atoms with E-state index in [2.05, 4.69) is 22.9 Å². The molecule has 0 saturated heterocycles. The van der Waals surface area contributed by atoms with Crippen molar-refractivity contribution in [1.82, 2.24) is 0 Å². The van der Waals surface area contributed by atoms with Crippen LogP contribution in [0.3, 0.4) is 0 Å². The molecular weight excluding hydrogens is 168 g/mol. The van der Waals surface area contributed by atoms with Crippen LogP contribution in [-0.2, 0) is 4.79 Å². The number of alkyl halides is 1. The van der Waals surface area contributed by atoms with Crippen molar-refractivity contribution in [2.45, 2.75) is 12.8 Å². The SMILES string of the molecule is [CH2]C(CC=O)CCBr. The summed E-state index contributed by atoms with van der Waals surface area (Å²) in [7, 11) is 0. The van der Waals surface area contributed by atoms with Crippen LogP contribution < -0.4 is 0 Å². The van der Waals surface area contributed by atoms with E-state index in [4.69, 9.17) is 0 Å². The summed E-state index contributed by atoms with van der Waals surface area (Å²) in [5.41, 5.74) is 0. The van der Waals surface area contributed by atoms with Crippen molar-refractivity contribution in [1.29, 1.82) is 0 Å². The maximum absolute atomic E-state index is 9.83. The Labute approximate surface area is 58.6 Å². The monoisotopic (exact) mass is 177 g/mol. The van der Waals surface area contributed by atoms with Gasteiger partial charge in [0.1, 0.15) is 6.29 Å². The Morgan fingerprint density at radius 2 is 2.38 bits per heavy atom. The third-order valence-corrected chi connectivity index (χ3v) is 1.40. The van der Waals surface area contributed by atoms with E-state index in [9.17, 15) is 4.79 Å². The fraction of sp³-hybridized carbons (Fsp3) is 0.667. The van der Waals surface area contributed by atoms with Gasteiger partial charge in [-0.05, 0) is 19.3 Å². The van der Waals surface area contributed by atoms with E-state index in [1.807, 2.05) is 0 Å². The molecule has 0 heterocycles. The number of hydrogen-bond acceptors (Lipinski definition) is 1. The summed E-state index contributed by atoms with van der Waals surface area (Å²) in [4.78, 5) is 9.83. The molecule has 0 aromatic rings. The van der Waals surface area contributed by atoms with E-state index < -0.39 is 0 Å². The maximum atomic E-state index is 9.83. The lowest BCUT2D eigenvalue weighted by atomic mass is 10.1. The van der Waals surface area contributed by atoms with Gasteiger partial charge in [-0.2, -0.15) is 0 Å². The quantitative estimate of drug-likeness (QED) is 0.474. The molecule has 0 aliphatic carbocycles. The molecule has 0 N–H and O–H groups in total. The summed E-state index contributed by atoms with van der Waals surface area (Å²) in [5.74, 6) is 0.298. The molecular formula is C6H10BrO. The van der Waals surface area contributed by atoms with Gasteiger partial charge in [0.25, 0.3) is 0 Å². The predicted octanol–water partition coefficient (Wildman–Crippen LogP) is 1.81. The van der Waals surface area contributed by atoms with Crippen molar-refractivity contribution < 1.29 is 4.79 Å². The van der Waals surface area contributed by atoms with Crippen LogP contribution in [0.4, 0.5) is 0 Å². The lowest BCUT2D eigenvalue weighted by Gasteiger charge is -2.00. The molecule has 0 aliphatic heterocycles. The smallest absolute Gasteiger partial charge is 0.120 e. The number of aldehydes is 1. The molecule has 0 rings (SSSR count). The van der Waals surface area contributed by atoms with Crippen molar-refractivity contribution in [3.8, 4) is 0 Å². The molecule has 1 radical (unpaired) electrons. The molecule has 0 fully saturated rings. The highest BCUT2D eigenvalue weighted by molar-refractivity contribution is 9.09. The molecule has 0 aliphatic rings. The van der Waals surface area contributed by atoms with Crippen molar-refractivity contribution >= 4 is 22.2 Å². The minimum Gasteiger partial charge on any atom is -0.303 e. The molecule has 0 aromatic carbocycles. The largest absolute Gasteiger partial charge is 0.303 e. The van der Waals surface area contributed by atoms with Gasteiger partial charge in [-0.25, -0.2) is 0 Å². The van der Waals surface area contributed by atoms with Crippen molar-refractivity contribution in [2.75, 3.05) is 5.33 Å². The van der Waals surface area contributed by atoms with Gasteiger partial charge in [-0.1, -0.05) is 15.9 Å². The van der Waals surface area contributed by atoms with Crippen molar-refractivity contribution in [3.05, 3.63) is 6.92 Å². The van der Waals surface area contributed by atoms with Crippen LogP contribution in [0.1, 0.15) is 12.8 Å². The number of halogens is 1. The Bertz CT molecular complexity index is 63.5. The first-order valence-electron chi connectivity index (χ1n) is 2.64. The minimum atomic E-state index is 0.298. The van der Waals surface area contributed by atoms with Crippen LogP contribution in [-0.4, -0.2) is 11.6 Å². The first kappa shape index (κ1) is 8.15. The van der Waals surface area contributed by atoms with Gasteiger partial charge >= 0.3 is 0 Å². The molecule has 2 heteroatoms. The second-order valence-corrected chi connectivity index (χ2v) is 2.54. The molecule has 0 amide bonds. The number of carbonyl (C=O) groups is 1. The standard InChI is InChI=1S/C6H10BrO/c1-6(2-4-7)3-5-8/h5-6H,1-4H2. The van der Waals surface area contributed by atoms with Crippen LogP contribution in [0.15, 0.2) is 0 Å². The molecule has 1 unspecified atom stereocenters. The first-order valence-corrected chi connectivity index (χ1v) is 3.76. The van der Waals surface area contributed by atoms with E-state index in [0.717, 1.165) is 18.0 Å². The normalized spacial score (nSPS) is 13.2. The predicted molar refractivity (Wildman–Crippen MR) is 37.9 cm³/mol. The average molecular weight is 178 g/mol. The number of rotatable bonds is 4. The Morgan fingerprint density at radius 3 is 2.75 bits per heavy atom. The van der Waals surface area contributed by atoms with Crippen molar-refractivity contribution in [2.24, 2.45) is 5.92 Å². The fourth-order valence-corrected chi connectivity index (χ4v) is 1.06. The molecule has 8 heavy (non-hydrogen) atoms. The second kappa shape index (κ2) is 5.29. The van der Waals surface area contributed by atoms with Gasteiger partial charge in [0, 0.05) is 11.8 Å². The topological polar surface area (TPSA) is 17.1 Å². The van der Waals surface area contributed by atoms with E-state index in [-0.39, 0.29) is 0 Å². The molecule has 0 saturated carbocycles. The number of hydrogen-bond donors (Lipinski definition) is 0. The average Bonchev–Trinajstić information content (AvgIpc) is 1.68. The third-order valence-electron chi connectivity index (χ3n) is 0.947. The van der Waals surface area contributed by atoms with E-state index in [1.165, 1.54) is 0 Å². The van der Waals surface area contributed by atoms with E-state index in [1.54, 1.807) is 0 Å². The molecule has 0 spiro atoms. The fourth-order valence-electron chi connectivity index (χ4n) is 0.408. The lowest BCUT2D eigenvalue weighted by Crippen LogP contribution is -1.95. The van der Waals surface area contributed by atoms with E-state index in [0.29, 0.717) is 12.3 Å².